The van der Waals surface area contributed by atoms with Crippen molar-refractivity contribution in [1.29, 1.82) is 0 Å². The molecule has 0 unspecified atom stereocenters. The van der Waals surface area contributed by atoms with Crippen LogP contribution >= 0.6 is 11.6 Å². The molecule has 1 aliphatic carbocycles. The number of carbonyl (C=O) groups excluding carboxylic acids is 2. The highest BCUT2D eigenvalue weighted by Crippen LogP contribution is 2.34. The second-order valence-electron chi connectivity index (χ2n) is 9.42. The standard InChI is InChI=1S/C26H32ClN3O6S/c1-18(26(32)28-21-8-3-4-9-21)29(16-19-6-5-7-20(27)14-19)25(31)17-30(37(2,33)34)22-10-11-23-24(15-22)36-13-12-35-23/h5-7,10-11,14-15,18,21H,3-4,8-9,12-13,16-17H2,1-2H3,(H,28,32)/t18-/m1/s1. The smallest absolute Gasteiger partial charge is 0.244 e. The summed E-state index contributed by atoms with van der Waals surface area (Å²) in [5, 5.41) is 3.54. The van der Waals surface area contributed by atoms with Gasteiger partial charge < -0.3 is 19.7 Å². The van der Waals surface area contributed by atoms with Crippen LogP contribution < -0.4 is 19.1 Å². The number of nitrogens with zero attached hydrogens (tertiary/aromatic N) is 2. The molecule has 2 aromatic rings. The van der Waals surface area contributed by atoms with E-state index in [4.69, 9.17) is 21.1 Å². The Morgan fingerprint density at radius 1 is 1.08 bits per heavy atom. The van der Waals surface area contributed by atoms with Crippen molar-refractivity contribution in [3.05, 3.63) is 53.1 Å². The van der Waals surface area contributed by atoms with Gasteiger partial charge in [-0.15, -0.1) is 0 Å². The minimum atomic E-state index is -3.85. The van der Waals surface area contributed by atoms with E-state index in [9.17, 15) is 18.0 Å². The summed E-state index contributed by atoms with van der Waals surface area (Å²) >= 11 is 6.15. The first-order chi connectivity index (χ1) is 17.6. The molecule has 2 amide bonds. The molecule has 1 saturated carbocycles. The summed E-state index contributed by atoms with van der Waals surface area (Å²) in [4.78, 5) is 28.2. The van der Waals surface area contributed by atoms with Crippen LogP contribution in [0.15, 0.2) is 42.5 Å². The summed E-state index contributed by atoms with van der Waals surface area (Å²) in [6.45, 7) is 2.01. The number of anilines is 1. The van der Waals surface area contributed by atoms with E-state index < -0.39 is 28.5 Å². The fraction of sp³-hybridized carbons (Fsp3) is 0.462. The predicted molar refractivity (Wildman–Crippen MR) is 141 cm³/mol. The first-order valence-electron chi connectivity index (χ1n) is 12.3. The number of carbonyl (C=O) groups is 2. The van der Waals surface area contributed by atoms with Gasteiger partial charge in [0.1, 0.15) is 25.8 Å². The molecule has 2 aromatic carbocycles. The SMILES string of the molecule is C[C@H](C(=O)NC1CCCC1)N(Cc1cccc(Cl)c1)C(=O)CN(c1ccc2c(c1)OCCO2)S(C)(=O)=O. The van der Waals surface area contributed by atoms with Gasteiger partial charge in [-0.25, -0.2) is 8.42 Å². The van der Waals surface area contributed by atoms with E-state index >= 15 is 0 Å². The van der Waals surface area contributed by atoms with Crippen molar-refractivity contribution in [2.75, 3.05) is 30.3 Å². The molecule has 1 atom stereocenters. The summed E-state index contributed by atoms with van der Waals surface area (Å²) in [6.07, 6.45) is 4.97. The van der Waals surface area contributed by atoms with Crippen molar-refractivity contribution in [3.63, 3.8) is 0 Å². The highest BCUT2D eigenvalue weighted by Gasteiger charge is 2.32. The van der Waals surface area contributed by atoms with Gasteiger partial charge in [0, 0.05) is 23.7 Å². The van der Waals surface area contributed by atoms with Crippen LogP contribution in [0.3, 0.4) is 0 Å². The molecule has 0 radical (unpaired) electrons. The average Bonchev–Trinajstić information content (AvgIpc) is 3.37. The number of ether oxygens (including phenoxy) is 2. The first kappa shape index (κ1) is 27.1. The lowest BCUT2D eigenvalue weighted by molar-refractivity contribution is -0.139. The van der Waals surface area contributed by atoms with Crippen LogP contribution in [0.5, 0.6) is 11.5 Å². The Kier molecular flexibility index (Phi) is 8.49. The summed E-state index contributed by atoms with van der Waals surface area (Å²) in [7, 11) is -3.85. The van der Waals surface area contributed by atoms with Crippen LogP contribution in [0, 0.1) is 0 Å². The van der Waals surface area contributed by atoms with Gasteiger partial charge in [-0.3, -0.25) is 13.9 Å². The fourth-order valence-corrected chi connectivity index (χ4v) is 5.66. The summed E-state index contributed by atoms with van der Waals surface area (Å²) in [5.41, 5.74) is 0.998. The maximum absolute atomic E-state index is 13.7. The molecule has 1 heterocycles. The van der Waals surface area contributed by atoms with E-state index in [1.54, 1.807) is 43.3 Å². The third kappa shape index (κ3) is 6.87. The monoisotopic (exact) mass is 549 g/mol. The fourth-order valence-electron chi connectivity index (χ4n) is 4.61. The van der Waals surface area contributed by atoms with Crippen molar-refractivity contribution in [2.45, 2.75) is 51.2 Å². The molecular formula is C26H32ClN3O6S. The normalized spacial score (nSPS) is 16.2. The number of halogens is 1. The lowest BCUT2D eigenvalue weighted by Crippen LogP contribution is -2.52. The number of amides is 2. The molecule has 1 fully saturated rings. The van der Waals surface area contributed by atoms with Gasteiger partial charge in [-0.05, 0) is 49.6 Å². The first-order valence-corrected chi connectivity index (χ1v) is 14.6. The highest BCUT2D eigenvalue weighted by molar-refractivity contribution is 7.92. The third-order valence-electron chi connectivity index (χ3n) is 6.60. The largest absolute Gasteiger partial charge is 0.486 e. The molecule has 0 saturated heterocycles. The number of hydrogen-bond acceptors (Lipinski definition) is 6. The Bertz CT molecular complexity index is 1250. The van der Waals surface area contributed by atoms with E-state index in [-0.39, 0.29) is 24.2 Å². The van der Waals surface area contributed by atoms with Crippen molar-refractivity contribution in [3.8, 4) is 11.5 Å². The molecule has 0 aromatic heterocycles. The van der Waals surface area contributed by atoms with Crippen LogP contribution in [-0.4, -0.2) is 63.2 Å². The average molecular weight is 550 g/mol. The van der Waals surface area contributed by atoms with Crippen molar-refractivity contribution in [1.82, 2.24) is 10.2 Å². The lowest BCUT2D eigenvalue weighted by Gasteiger charge is -2.32. The van der Waals surface area contributed by atoms with Crippen molar-refractivity contribution < 1.29 is 27.5 Å². The minimum Gasteiger partial charge on any atom is -0.486 e. The van der Waals surface area contributed by atoms with Crippen LogP contribution in [0.4, 0.5) is 5.69 Å². The summed E-state index contributed by atoms with van der Waals surface area (Å²) in [6, 6.07) is 11.0. The molecular weight excluding hydrogens is 518 g/mol. The maximum atomic E-state index is 13.7. The molecule has 200 valence electrons. The molecule has 2 aliphatic rings. The predicted octanol–water partition coefficient (Wildman–Crippen LogP) is 3.35. The van der Waals surface area contributed by atoms with Gasteiger partial charge in [0.25, 0.3) is 0 Å². The quantitative estimate of drug-likeness (QED) is 0.514. The zero-order valence-electron chi connectivity index (χ0n) is 21.0. The number of benzene rings is 2. The zero-order chi connectivity index (χ0) is 26.6. The summed E-state index contributed by atoms with van der Waals surface area (Å²) < 4.78 is 37.7. The van der Waals surface area contributed by atoms with Crippen LogP contribution in [0.2, 0.25) is 5.02 Å². The second kappa shape index (κ2) is 11.6. The van der Waals surface area contributed by atoms with Gasteiger partial charge in [-0.1, -0.05) is 36.6 Å². The Labute approximate surface area is 222 Å². The Morgan fingerprint density at radius 3 is 2.46 bits per heavy atom. The van der Waals surface area contributed by atoms with Crippen molar-refractivity contribution in [2.24, 2.45) is 0 Å². The van der Waals surface area contributed by atoms with E-state index in [2.05, 4.69) is 5.32 Å². The van der Waals surface area contributed by atoms with E-state index in [0.717, 1.165) is 41.8 Å². The third-order valence-corrected chi connectivity index (χ3v) is 7.98. The molecule has 4 rings (SSSR count). The molecule has 1 N–H and O–H groups in total. The van der Waals surface area contributed by atoms with Gasteiger partial charge in [0.15, 0.2) is 11.5 Å². The van der Waals surface area contributed by atoms with E-state index in [0.29, 0.717) is 29.7 Å². The van der Waals surface area contributed by atoms with Crippen molar-refractivity contribution >= 4 is 39.1 Å². The lowest BCUT2D eigenvalue weighted by atomic mass is 10.1. The molecule has 11 heteroatoms. The van der Waals surface area contributed by atoms with Crippen LogP contribution in [-0.2, 0) is 26.2 Å². The number of rotatable bonds is 9. The van der Waals surface area contributed by atoms with E-state index in [1.807, 2.05) is 6.07 Å². The zero-order valence-corrected chi connectivity index (χ0v) is 22.6. The van der Waals surface area contributed by atoms with E-state index in [1.165, 1.54) is 4.90 Å². The topological polar surface area (TPSA) is 105 Å². The highest BCUT2D eigenvalue weighted by atomic mass is 35.5. The molecule has 1 aliphatic heterocycles. The number of sulfonamides is 1. The Hall–Kier alpha value is -2.98. The second-order valence-corrected chi connectivity index (χ2v) is 11.8. The Morgan fingerprint density at radius 2 is 1.78 bits per heavy atom. The van der Waals surface area contributed by atoms with Gasteiger partial charge in [-0.2, -0.15) is 0 Å². The Balaban J connectivity index is 1.60. The molecule has 37 heavy (non-hydrogen) atoms. The number of nitrogens with one attached hydrogen (secondary N) is 1. The molecule has 0 spiro atoms. The van der Waals surface area contributed by atoms with Crippen LogP contribution in [0.25, 0.3) is 0 Å². The number of fused-ring (bicyclic) bond motifs is 1. The maximum Gasteiger partial charge on any atom is 0.244 e. The summed E-state index contributed by atoms with van der Waals surface area (Å²) in [5.74, 6) is 0.126. The van der Waals surface area contributed by atoms with Gasteiger partial charge in [0.05, 0.1) is 11.9 Å². The van der Waals surface area contributed by atoms with Gasteiger partial charge in [0.2, 0.25) is 21.8 Å². The molecule has 0 bridgehead atoms. The minimum absolute atomic E-state index is 0.0864. The molecule has 9 nitrogen and oxygen atoms in total. The van der Waals surface area contributed by atoms with Gasteiger partial charge >= 0.3 is 0 Å². The number of hydrogen-bond donors (Lipinski definition) is 1. The van der Waals surface area contributed by atoms with Crippen LogP contribution in [0.1, 0.15) is 38.2 Å².